The molecule has 0 N–H and O–H groups in total. The zero-order valence-corrected chi connectivity index (χ0v) is 10.1. The van der Waals surface area contributed by atoms with Crippen molar-refractivity contribution in [3.05, 3.63) is 37.0 Å². The third kappa shape index (κ3) is 2.87. The van der Waals surface area contributed by atoms with Crippen LogP contribution in [-0.2, 0) is 0 Å². The van der Waals surface area contributed by atoms with Crippen LogP contribution in [0.3, 0.4) is 0 Å². The molecule has 1 unspecified atom stereocenters. The number of hydrogen-bond acceptors (Lipinski definition) is 0. The molecule has 0 fully saturated rings. The predicted molar refractivity (Wildman–Crippen MR) is 66.3 cm³/mol. The normalized spacial score (nSPS) is 16.5. The maximum absolute atomic E-state index is 3.89. The van der Waals surface area contributed by atoms with Gasteiger partial charge in [-0.2, -0.15) is 0 Å². The van der Waals surface area contributed by atoms with Gasteiger partial charge >= 0.3 is 0 Å². The highest BCUT2D eigenvalue weighted by Crippen LogP contribution is 2.40. The minimum Gasteiger partial charge on any atom is -0.0991 e. The Morgan fingerprint density at radius 1 is 1.36 bits per heavy atom. The topological polar surface area (TPSA) is 0 Å². The molecule has 0 aliphatic heterocycles. The van der Waals surface area contributed by atoms with Crippen molar-refractivity contribution < 1.29 is 0 Å². The minimum atomic E-state index is 0.241. The lowest BCUT2D eigenvalue weighted by atomic mass is 9.70. The van der Waals surface area contributed by atoms with E-state index in [0.29, 0.717) is 5.92 Å². The van der Waals surface area contributed by atoms with Crippen molar-refractivity contribution in [1.29, 1.82) is 0 Å². The van der Waals surface area contributed by atoms with Crippen LogP contribution in [0.1, 0.15) is 40.5 Å². The summed E-state index contributed by atoms with van der Waals surface area (Å²) in [6.45, 7) is 16.7. The van der Waals surface area contributed by atoms with E-state index in [4.69, 9.17) is 0 Å². The fourth-order valence-corrected chi connectivity index (χ4v) is 1.90. The molecule has 0 saturated carbocycles. The maximum atomic E-state index is 3.89. The Morgan fingerprint density at radius 2 is 1.93 bits per heavy atom. The highest BCUT2D eigenvalue weighted by molar-refractivity contribution is 5.28. The van der Waals surface area contributed by atoms with Gasteiger partial charge in [-0.1, -0.05) is 65.5 Å². The molecule has 14 heavy (non-hydrogen) atoms. The summed E-state index contributed by atoms with van der Waals surface area (Å²) in [5.74, 6) is 0.631. The van der Waals surface area contributed by atoms with Crippen molar-refractivity contribution in [3.63, 3.8) is 0 Å². The first-order valence-electron chi connectivity index (χ1n) is 5.48. The first-order valence-corrected chi connectivity index (χ1v) is 5.48. The first kappa shape index (κ1) is 13.2. The Hall–Kier alpha value is -0.780. The van der Waals surface area contributed by atoms with Crippen LogP contribution in [0.5, 0.6) is 0 Å². The van der Waals surface area contributed by atoms with Gasteiger partial charge in [0.25, 0.3) is 0 Å². The van der Waals surface area contributed by atoms with Gasteiger partial charge in [-0.05, 0) is 23.3 Å². The molecular weight excluding hydrogens is 168 g/mol. The summed E-state index contributed by atoms with van der Waals surface area (Å²) >= 11 is 0. The highest BCUT2D eigenvalue weighted by atomic mass is 14.3. The molecule has 0 radical (unpaired) electrons. The summed E-state index contributed by atoms with van der Waals surface area (Å²) in [6, 6.07) is 0. The van der Waals surface area contributed by atoms with Crippen molar-refractivity contribution in [3.8, 4) is 0 Å². The number of rotatable bonds is 6. The van der Waals surface area contributed by atoms with Gasteiger partial charge in [0, 0.05) is 0 Å². The molecule has 0 heterocycles. The Labute approximate surface area is 89.4 Å². The second-order valence-electron chi connectivity index (χ2n) is 4.38. The molecule has 0 heteroatoms. The molecule has 0 aliphatic carbocycles. The summed E-state index contributed by atoms with van der Waals surface area (Å²) in [5, 5.41) is 0. The van der Waals surface area contributed by atoms with E-state index < -0.39 is 0 Å². The maximum Gasteiger partial charge on any atom is -0.00526 e. The molecule has 0 saturated heterocycles. The second kappa shape index (κ2) is 5.85. The zero-order valence-electron chi connectivity index (χ0n) is 10.1. The Balaban J connectivity index is 5.04. The predicted octanol–water partition coefficient (Wildman–Crippen LogP) is 4.75. The lowest BCUT2D eigenvalue weighted by Crippen LogP contribution is -2.25. The van der Waals surface area contributed by atoms with Crippen LogP contribution in [0.4, 0.5) is 0 Å². The molecule has 0 aromatic rings. The van der Waals surface area contributed by atoms with Gasteiger partial charge in [-0.15, -0.1) is 0 Å². The van der Waals surface area contributed by atoms with Gasteiger partial charge in [0.05, 0.1) is 0 Å². The minimum absolute atomic E-state index is 0.241. The van der Waals surface area contributed by atoms with Gasteiger partial charge in [0.15, 0.2) is 0 Å². The Morgan fingerprint density at radius 3 is 2.21 bits per heavy atom. The number of hydrogen-bond donors (Lipinski definition) is 0. The van der Waals surface area contributed by atoms with E-state index >= 15 is 0 Å². The molecule has 0 aromatic heterocycles. The fraction of sp³-hybridized carbons (Fsp3) is 0.571. The van der Waals surface area contributed by atoms with Crippen LogP contribution in [0.2, 0.25) is 0 Å². The summed E-state index contributed by atoms with van der Waals surface area (Å²) < 4.78 is 0. The molecule has 80 valence electrons. The van der Waals surface area contributed by atoms with Crippen LogP contribution in [0.15, 0.2) is 37.0 Å². The third-order valence-electron chi connectivity index (χ3n) is 3.22. The highest BCUT2D eigenvalue weighted by Gasteiger charge is 2.29. The summed E-state index contributed by atoms with van der Waals surface area (Å²) in [4.78, 5) is 0. The molecular formula is C14H24. The lowest BCUT2D eigenvalue weighted by Gasteiger charge is -2.35. The van der Waals surface area contributed by atoms with E-state index in [1.807, 2.05) is 12.2 Å². The van der Waals surface area contributed by atoms with Gasteiger partial charge < -0.3 is 0 Å². The van der Waals surface area contributed by atoms with Crippen LogP contribution in [0.25, 0.3) is 0 Å². The van der Waals surface area contributed by atoms with E-state index in [2.05, 4.69) is 46.9 Å². The molecule has 0 aromatic carbocycles. The quantitative estimate of drug-likeness (QED) is 0.533. The van der Waals surface area contributed by atoms with Crippen LogP contribution >= 0.6 is 0 Å². The Bertz CT molecular complexity index is 220. The van der Waals surface area contributed by atoms with Crippen molar-refractivity contribution in [1.82, 2.24) is 0 Å². The van der Waals surface area contributed by atoms with Crippen molar-refractivity contribution in [2.24, 2.45) is 11.3 Å². The van der Waals surface area contributed by atoms with Crippen LogP contribution in [0, 0.1) is 11.3 Å². The van der Waals surface area contributed by atoms with Gasteiger partial charge in [-0.3, -0.25) is 0 Å². The largest absolute Gasteiger partial charge is 0.0991 e. The van der Waals surface area contributed by atoms with Gasteiger partial charge in [0.1, 0.15) is 0 Å². The van der Waals surface area contributed by atoms with E-state index in [9.17, 15) is 0 Å². The van der Waals surface area contributed by atoms with Crippen molar-refractivity contribution in [2.75, 3.05) is 0 Å². The standard InChI is InChI=1S/C14H24/c1-7-10-13(9-3)14(6,11-8-2)12(4)5/h7,9-10,12H,1,3,8,11H2,2,4-6H3/b13-10+. The van der Waals surface area contributed by atoms with Gasteiger partial charge in [-0.25, -0.2) is 0 Å². The smallest absolute Gasteiger partial charge is 0.00526 e. The van der Waals surface area contributed by atoms with E-state index in [1.165, 1.54) is 18.4 Å². The zero-order chi connectivity index (χ0) is 11.2. The van der Waals surface area contributed by atoms with Crippen molar-refractivity contribution in [2.45, 2.75) is 40.5 Å². The molecule has 0 nitrogen and oxygen atoms in total. The SMILES string of the molecule is C=C/C=C(\C=C)C(C)(CCC)C(C)C. The second-order valence-corrected chi connectivity index (χ2v) is 4.38. The fourth-order valence-electron chi connectivity index (χ4n) is 1.90. The van der Waals surface area contributed by atoms with Crippen molar-refractivity contribution >= 4 is 0 Å². The third-order valence-corrected chi connectivity index (χ3v) is 3.22. The average molecular weight is 192 g/mol. The molecule has 1 atom stereocenters. The van der Waals surface area contributed by atoms with Crippen LogP contribution < -0.4 is 0 Å². The Kier molecular flexibility index (Phi) is 5.52. The molecule has 0 spiro atoms. The van der Waals surface area contributed by atoms with E-state index in [-0.39, 0.29) is 5.41 Å². The first-order chi connectivity index (χ1) is 6.52. The number of allylic oxidation sites excluding steroid dienone is 4. The molecule has 0 aliphatic rings. The average Bonchev–Trinajstić information content (AvgIpc) is 2.14. The molecule has 0 rings (SSSR count). The monoisotopic (exact) mass is 192 g/mol. The lowest BCUT2D eigenvalue weighted by molar-refractivity contribution is 0.258. The van der Waals surface area contributed by atoms with E-state index in [0.717, 1.165) is 0 Å². The molecule has 0 amide bonds. The van der Waals surface area contributed by atoms with Crippen LogP contribution in [-0.4, -0.2) is 0 Å². The summed E-state index contributed by atoms with van der Waals surface area (Å²) in [6.07, 6.45) is 8.32. The van der Waals surface area contributed by atoms with Gasteiger partial charge in [0.2, 0.25) is 0 Å². The summed E-state index contributed by atoms with van der Waals surface area (Å²) in [7, 11) is 0. The molecule has 0 bridgehead atoms. The van der Waals surface area contributed by atoms with E-state index in [1.54, 1.807) is 0 Å². The summed E-state index contributed by atoms with van der Waals surface area (Å²) in [5.41, 5.74) is 1.55.